The molecule has 210 valence electrons. The summed E-state index contributed by atoms with van der Waals surface area (Å²) in [6, 6.07) is 10.5. The van der Waals surface area contributed by atoms with E-state index in [0.717, 1.165) is 12.3 Å². The zero-order valence-corrected chi connectivity index (χ0v) is 22.5. The van der Waals surface area contributed by atoms with Crippen LogP contribution in [0.5, 0.6) is 5.75 Å². The maximum Gasteiger partial charge on any atom is 0.433 e. The van der Waals surface area contributed by atoms with Crippen LogP contribution in [0, 0.1) is 0 Å². The number of fused-ring (bicyclic) bond motifs is 1. The lowest BCUT2D eigenvalue weighted by atomic mass is 10.1. The van der Waals surface area contributed by atoms with Crippen molar-refractivity contribution in [2.45, 2.75) is 11.1 Å². The van der Waals surface area contributed by atoms with Crippen molar-refractivity contribution in [1.82, 2.24) is 18.9 Å². The average Bonchev–Trinajstić information content (AvgIpc) is 3.32. The third-order valence-electron chi connectivity index (χ3n) is 5.84. The molecule has 0 unspecified atom stereocenters. The summed E-state index contributed by atoms with van der Waals surface area (Å²) in [6.07, 6.45) is -5.02. The highest BCUT2D eigenvalue weighted by Crippen LogP contribution is 2.35. The number of nitrogens with one attached hydrogen (secondary N) is 1. The van der Waals surface area contributed by atoms with Crippen LogP contribution in [0.4, 0.5) is 23.7 Å². The van der Waals surface area contributed by atoms with E-state index < -0.39 is 33.6 Å². The van der Waals surface area contributed by atoms with E-state index in [4.69, 9.17) is 32.7 Å². The second kappa shape index (κ2) is 10.9. The Kier molecular flexibility index (Phi) is 7.63. The molecule has 0 bridgehead atoms. The van der Waals surface area contributed by atoms with E-state index in [1.54, 1.807) is 0 Å². The number of ether oxygens (including phenoxy) is 2. The van der Waals surface area contributed by atoms with Crippen molar-refractivity contribution in [2.24, 2.45) is 0 Å². The zero-order chi connectivity index (χ0) is 28.7. The number of rotatable bonds is 5. The second-order valence-corrected chi connectivity index (χ2v) is 11.2. The molecule has 16 heteroatoms. The molecule has 1 aliphatic rings. The lowest BCUT2D eigenvalue weighted by Gasteiger charge is -2.26. The molecular formula is C24H18Cl2F3N5O5S. The number of anilines is 1. The van der Waals surface area contributed by atoms with Crippen molar-refractivity contribution in [1.29, 1.82) is 0 Å². The molecule has 0 atom stereocenters. The maximum atomic E-state index is 13.9. The number of morpholine rings is 1. The van der Waals surface area contributed by atoms with Gasteiger partial charge in [-0.1, -0.05) is 35.3 Å². The van der Waals surface area contributed by atoms with Crippen LogP contribution in [0.2, 0.25) is 10.0 Å². The number of carbonyl (C=O) groups excluding carboxylic acids is 1. The molecule has 0 radical (unpaired) electrons. The molecule has 1 amide bonds. The van der Waals surface area contributed by atoms with Gasteiger partial charge in [-0.25, -0.2) is 22.7 Å². The van der Waals surface area contributed by atoms with Gasteiger partial charge in [-0.15, -0.1) is 0 Å². The minimum Gasteiger partial charge on any atom is -0.404 e. The Morgan fingerprint density at radius 2 is 1.80 bits per heavy atom. The molecule has 1 aliphatic heterocycles. The first-order valence-electron chi connectivity index (χ1n) is 11.5. The molecule has 0 saturated carbocycles. The summed E-state index contributed by atoms with van der Waals surface area (Å²) in [6.45, 7) is 0.905. The van der Waals surface area contributed by atoms with Gasteiger partial charge in [0, 0.05) is 24.3 Å². The summed E-state index contributed by atoms with van der Waals surface area (Å²) < 4.78 is 79.7. The fourth-order valence-electron chi connectivity index (χ4n) is 3.93. The normalized spacial score (nSPS) is 14.8. The van der Waals surface area contributed by atoms with Crippen molar-refractivity contribution in [2.75, 3.05) is 31.6 Å². The minimum atomic E-state index is -4.83. The summed E-state index contributed by atoms with van der Waals surface area (Å²) in [5.41, 5.74) is -1.37. The van der Waals surface area contributed by atoms with Crippen LogP contribution in [-0.4, -0.2) is 59.7 Å². The largest absolute Gasteiger partial charge is 0.433 e. The third-order valence-corrected chi connectivity index (χ3v) is 8.47. The van der Waals surface area contributed by atoms with Gasteiger partial charge < -0.3 is 9.47 Å². The highest BCUT2D eigenvalue weighted by atomic mass is 35.5. The number of alkyl halides is 3. The number of benzene rings is 2. The highest BCUT2D eigenvalue weighted by molar-refractivity contribution is 7.89. The first-order valence-corrected chi connectivity index (χ1v) is 13.7. The number of halogens is 5. The van der Waals surface area contributed by atoms with Crippen LogP contribution < -0.4 is 10.1 Å². The number of hydrogen-bond donors (Lipinski definition) is 1. The molecule has 1 saturated heterocycles. The summed E-state index contributed by atoms with van der Waals surface area (Å²) in [5, 5.41) is 6.39. The Morgan fingerprint density at radius 1 is 1.05 bits per heavy atom. The van der Waals surface area contributed by atoms with Crippen LogP contribution >= 0.6 is 23.2 Å². The lowest BCUT2D eigenvalue weighted by Crippen LogP contribution is -2.40. The molecule has 1 N–H and O–H groups in total. The van der Waals surface area contributed by atoms with Crippen LogP contribution in [0.1, 0.15) is 5.69 Å². The van der Waals surface area contributed by atoms with Crippen molar-refractivity contribution in [3.05, 3.63) is 70.5 Å². The molecule has 10 nitrogen and oxygen atoms in total. The van der Waals surface area contributed by atoms with E-state index in [1.165, 1.54) is 46.8 Å². The molecule has 40 heavy (non-hydrogen) atoms. The highest BCUT2D eigenvalue weighted by Gasteiger charge is 2.36. The Hall–Kier alpha value is -3.43. The van der Waals surface area contributed by atoms with Gasteiger partial charge in [-0.05, 0) is 36.4 Å². The van der Waals surface area contributed by atoms with E-state index in [9.17, 15) is 26.4 Å². The minimum absolute atomic E-state index is 0.0639. The van der Waals surface area contributed by atoms with Crippen LogP contribution in [0.15, 0.2) is 59.6 Å². The molecular weight excluding hydrogens is 598 g/mol. The summed E-state index contributed by atoms with van der Waals surface area (Å²) >= 11 is 11.9. The Labute approximate surface area is 235 Å². The van der Waals surface area contributed by atoms with E-state index >= 15 is 0 Å². The molecule has 1 fully saturated rings. The summed E-state index contributed by atoms with van der Waals surface area (Å²) in [4.78, 5) is 16.8. The van der Waals surface area contributed by atoms with Gasteiger partial charge in [0.15, 0.2) is 17.1 Å². The fourth-order valence-corrected chi connectivity index (χ4v) is 5.69. The zero-order valence-electron chi connectivity index (χ0n) is 20.2. The van der Waals surface area contributed by atoms with E-state index in [0.29, 0.717) is 4.52 Å². The second-order valence-electron chi connectivity index (χ2n) is 8.46. The average molecular weight is 616 g/mol. The van der Waals surface area contributed by atoms with Crippen LogP contribution in [-0.2, 0) is 20.9 Å². The number of amides is 1. The van der Waals surface area contributed by atoms with Crippen molar-refractivity contribution in [3.63, 3.8) is 0 Å². The third kappa shape index (κ3) is 5.71. The Balaban J connectivity index is 1.43. The molecule has 0 aliphatic carbocycles. The topological polar surface area (TPSA) is 115 Å². The van der Waals surface area contributed by atoms with Gasteiger partial charge in [-0.3, -0.25) is 5.32 Å². The Bertz CT molecular complexity index is 1710. The van der Waals surface area contributed by atoms with Crippen molar-refractivity contribution < 1.29 is 35.9 Å². The molecule has 0 spiro atoms. The number of aromatic nitrogens is 3. The Morgan fingerprint density at radius 3 is 2.50 bits per heavy atom. The van der Waals surface area contributed by atoms with Gasteiger partial charge in [-0.2, -0.15) is 22.6 Å². The molecule has 3 heterocycles. The number of hydrogen-bond acceptors (Lipinski definition) is 7. The van der Waals surface area contributed by atoms with Crippen LogP contribution in [0.25, 0.3) is 16.9 Å². The van der Waals surface area contributed by atoms with Gasteiger partial charge in [0.05, 0.1) is 40.0 Å². The van der Waals surface area contributed by atoms with Crippen molar-refractivity contribution >= 4 is 50.7 Å². The van der Waals surface area contributed by atoms with Crippen molar-refractivity contribution in [3.8, 4) is 17.0 Å². The van der Waals surface area contributed by atoms with Crippen LogP contribution in [0.3, 0.4) is 0 Å². The maximum absolute atomic E-state index is 13.9. The molecule has 4 aromatic rings. The summed E-state index contributed by atoms with van der Waals surface area (Å²) in [5.74, 6) is -0.373. The number of sulfonamides is 1. The molecule has 2 aromatic carbocycles. The monoisotopic (exact) mass is 615 g/mol. The molecule has 5 rings (SSSR count). The predicted molar refractivity (Wildman–Crippen MR) is 139 cm³/mol. The van der Waals surface area contributed by atoms with E-state index in [2.05, 4.69) is 15.4 Å². The predicted octanol–water partition coefficient (Wildman–Crippen LogP) is 5.35. The molecule has 2 aromatic heterocycles. The van der Waals surface area contributed by atoms with Gasteiger partial charge in [0.25, 0.3) is 0 Å². The standard InChI is InChI=1S/C24H18Cl2F3N5O5S/c25-17-5-4-14(10-18(17)26)19-12-21(24(27,28)29)34-22(32-19)20(13-30-34)39-23(35)31-15-2-1-3-16(11-15)40(36,37)33-6-8-38-9-7-33/h1-5,10-13H,6-9H2,(H,31,35). The smallest absolute Gasteiger partial charge is 0.404 e. The van der Waals surface area contributed by atoms with E-state index in [-0.39, 0.29) is 63.9 Å². The first-order chi connectivity index (χ1) is 18.9. The quantitative estimate of drug-likeness (QED) is 0.322. The number of nitrogens with zero attached hydrogens (tertiary/aromatic N) is 4. The number of carbonyl (C=O) groups is 1. The summed E-state index contributed by atoms with van der Waals surface area (Å²) in [7, 11) is -3.84. The first kappa shape index (κ1) is 28.1. The van der Waals surface area contributed by atoms with Gasteiger partial charge in [0.2, 0.25) is 10.0 Å². The lowest BCUT2D eigenvalue weighted by molar-refractivity contribution is -0.142. The van der Waals surface area contributed by atoms with E-state index in [1.807, 2.05) is 0 Å². The van der Waals surface area contributed by atoms with Gasteiger partial charge >= 0.3 is 12.3 Å². The fraction of sp³-hybridized carbons (Fsp3) is 0.208. The SMILES string of the molecule is O=C(Nc1cccc(S(=O)(=O)N2CCOCC2)c1)Oc1cnn2c(C(F)(F)F)cc(-c3ccc(Cl)c(Cl)c3)nc12. The van der Waals surface area contributed by atoms with Gasteiger partial charge in [0.1, 0.15) is 0 Å².